The number of furan rings is 1. The molecular formula is C15H17N5O2. The minimum absolute atomic E-state index is 0.269. The van der Waals surface area contributed by atoms with E-state index in [0.29, 0.717) is 18.0 Å². The highest BCUT2D eigenvalue weighted by molar-refractivity contribution is 6.02. The van der Waals surface area contributed by atoms with E-state index in [9.17, 15) is 4.79 Å². The van der Waals surface area contributed by atoms with Gasteiger partial charge in [0.25, 0.3) is 5.91 Å². The number of hydrogen-bond donors (Lipinski definition) is 1. The second-order valence-corrected chi connectivity index (χ2v) is 4.88. The molecule has 0 atom stereocenters. The van der Waals surface area contributed by atoms with E-state index in [-0.39, 0.29) is 11.7 Å². The molecule has 0 aromatic carbocycles. The van der Waals surface area contributed by atoms with Gasteiger partial charge in [-0.1, -0.05) is 0 Å². The second kappa shape index (κ2) is 5.88. The Kier molecular flexibility index (Phi) is 3.78. The van der Waals surface area contributed by atoms with Gasteiger partial charge >= 0.3 is 0 Å². The highest BCUT2D eigenvalue weighted by Gasteiger charge is 2.14. The van der Waals surface area contributed by atoms with Gasteiger partial charge in [-0.3, -0.25) is 14.2 Å². The third-order valence-corrected chi connectivity index (χ3v) is 3.41. The number of amides is 1. The molecule has 0 bridgehead atoms. The molecule has 7 nitrogen and oxygen atoms in total. The maximum absolute atomic E-state index is 12.2. The molecule has 0 radical (unpaired) electrons. The molecule has 3 aromatic rings. The number of nitrogens with one attached hydrogen (secondary N) is 1. The number of hydrogen-bond acceptors (Lipinski definition) is 4. The fourth-order valence-corrected chi connectivity index (χ4v) is 2.21. The van der Waals surface area contributed by atoms with Crippen molar-refractivity contribution in [3.8, 4) is 0 Å². The Bertz CT molecular complexity index is 770. The lowest BCUT2D eigenvalue weighted by Gasteiger charge is -2.03. The van der Waals surface area contributed by atoms with E-state index < -0.39 is 0 Å². The summed E-state index contributed by atoms with van der Waals surface area (Å²) in [5.41, 5.74) is 1.61. The lowest BCUT2D eigenvalue weighted by molar-refractivity contribution is 0.0994. The molecule has 0 saturated heterocycles. The van der Waals surface area contributed by atoms with Gasteiger partial charge in [0.15, 0.2) is 5.76 Å². The SMILES string of the molecule is CCn1ncc(NC(=O)c2ccc(Cn3cccn3)o2)c1C. The van der Waals surface area contributed by atoms with Crippen molar-refractivity contribution in [3.63, 3.8) is 0 Å². The van der Waals surface area contributed by atoms with Gasteiger partial charge in [0.1, 0.15) is 5.76 Å². The Morgan fingerprint density at radius 2 is 2.23 bits per heavy atom. The van der Waals surface area contributed by atoms with Crippen molar-refractivity contribution in [2.45, 2.75) is 26.9 Å². The van der Waals surface area contributed by atoms with Crippen molar-refractivity contribution < 1.29 is 9.21 Å². The third-order valence-electron chi connectivity index (χ3n) is 3.41. The molecule has 0 fully saturated rings. The number of aromatic nitrogens is 4. The van der Waals surface area contributed by atoms with E-state index in [4.69, 9.17) is 4.42 Å². The Balaban J connectivity index is 1.70. The molecule has 3 heterocycles. The molecule has 0 saturated carbocycles. The minimum Gasteiger partial charge on any atom is -0.454 e. The molecule has 114 valence electrons. The summed E-state index contributed by atoms with van der Waals surface area (Å²) in [5, 5.41) is 11.1. The van der Waals surface area contributed by atoms with Crippen LogP contribution in [0.2, 0.25) is 0 Å². The van der Waals surface area contributed by atoms with Gasteiger partial charge in [-0.25, -0.2) is 0 Å². The lowest BCUT2D eigenvalue weighted by atomic mass is 10.3. The first kappa shape index (κ1) is 14.1. The van der Waals surface area contributed by atoms with Crippen molar-refractivity contribution >= 4 is 11.6 Å². The summed E-state index contributed by atoms with van der Waals surface area (Å²) in [5.74, 6) is 0.658. The van der Waals surface area contributed by atoms with Crippen molar-refractivity contribution in [2.75, 3.05) is 5.32 Å². The molecule has 0 aliphatic carbocycles. The summed E-state index contributed by atoms with van der Waals surface area (Å²) in [6.07, 6.45) is 5.18. The van der Waals surface area contributed by atoms with Gasteiger partial charge in [-0.15, -0.1) is 0 Å². The Morgan fingerprint density at radius 1 is 1.36 bits per heavy atom. The van der Waals surface area contributed by atoms with Crippen LogP contribution in [0.25, 0.3) is 0 Å². The molecule has 0 aliphatic heterocycles. The van der Waals surface area contributed by atoms with Gasteiger partial charge < -0.3 is 9.73 Å². The van der Waals surface area contributed by atoms with Crippen LogP contribution in [-0.4, -0.2) is 25.5 Å². The largest absolute Gasteiger partial charge is 0.454 e. The van der Waals surface area contributed by atoms with Crippen molar-refractivity contribution in [3.05, 3.63) is 54.0 Å². The predicted octanol–water partition coefficient (Wildman–Crippen LogP) is 2.30. The molecule has 0 unspecified atom stereocenters. The monoisotopic (exact) mass is 299 g/mol. The summed E-state index contributed by atoms with van der Waals surface area (Å²) in [4.78, 5) is 12.2. The topological polar surface area (TPSA) is 77.9 Å². The minimum atomic E-state index is -0.287. The zero-order valence-corrected chi connectivity index (χ0v) is 12.5. The molecule has 0 aliphatic rings. The molecule has 3 aromatic heterocycles. The quantitative estimate of drug-likeness (QED) is 0.784. The predicted molar refractivity (Wildman–Crippen MR) is 80.6 cm³/mol. The molecule has 3 rings (SSSR count). The number of aryl methyl sites for hydroxylation is 1. The van der Waals surface area contributed by atoms with Crippen molar-refractivity contribution in [1.29, 1.82) is 0 Å². The lowest BCUT2D eigenvalue weighted by Crippen LogP contribution is -2.11. The van der Waals surface area contributed by atoms with Crippen LogP contribution in [0.1, 0.15) is 28.9 Å². The van der Waals surface area contributed by atoms with Gasteiger partial charge in [0, 0.05) is 18.9 Å². The fourth-order valence-electron chi connectivity index (χ4n) is 2.21. The van der Waals surface area contributed by atoms with Gasteiger partial charge in [-0.05, 0) is 32.0 Å². The van der Waals surface area contributed by atoms with Crippen LogP contribution in [0.3, 0.4) is 0 Å². The van der Waals surface area contributed by atoms with Crippen LogP contribution in [0, 0.1) is 6.92 Å². The van der Waals surface area contributed by atoms with E-state index in [1.165, 1.54) is 0 Å². The zero-order valence-electron chi connectivity index (χ0n) is 12.5. The molecule has 1 N–H and O–H groups in total. The maximum atomic E-state index is 12.2. The van der Waals surface area contributed by atoms with E-state index >= 15 is 0 Å². The van der Waals surface area contributed by atoms with E-state index in [1.54, 1.807) is 29.2 Å². The Morgan fingerprint density at radius 3 is 2.91 bits per heavy atom. The van der Waals surface area contributed by atoms with Crippen LogP contribution >= 0.6 is 0 Å². The Labute approximate surface area is 127 Å². The first-order valence-corrected chi connectivity index (χ1v) is 7.07. The molecule has 7 heteroatoms. The van der Waals surface area contributed by atoms with Crippen molar-refractivity contribution in [2.24, 2.45) is 0 Å². The first-order chi connectivity index (χ1) is 10.7. The normalized spacial score (nSPS) is 10.8. The van der Waals surface area contributed by atoms with Crippen LogP contribution in [0.4, 0.5) is 5.69 Å². The average Bonchev–Trinajstić information content (AvgIpc) is 3.23. The highest BCUT2D eigenvalue weighted by Crippen LogP contribution is 2.16. The third kappa shape index (κ3) is 2.78. The zero-order chi connectivity index (χ0) is 15.5. The highest BCUT2D eigenvalue weighted by atomic mass is 16.4. The van der Waals surface area contributed by atoms with Crippen LogP contribution < -0.4 is 5.32 Å². The van der Waals surface area contributed by atoms with Crippen LogP contribution in [-0.2, 0) is 13.1 Å². The molecule has 1 amide bonds. The fraction of sp³-hybridized carbons (Fsp3) is 0.267. The number of rotatable bonds is 5. The molecular weight excluding hydrogens is 282 g/mol. The van der Waals surface area contributed by atoms with Crippen LogP contribution in [0.5, 0.6) is 0 Å². The first-order valence-electron chi connectivity index (χ1n) is 7.07. The van der Waals surface area contributed by atoms with Crippen LogP contribution in [0.15, 0.2) is 41.2 Å². The summed E-state index contributed by atoms with van der Waals surface area (Å²) in [7, 11) is 0. The summed E-state index contributed by atoms with van der Waals surface area (Å²) < 4.78 is 9.12. The summed E-state index contributed by atoms with van der Waals surface area (Å²) >= 11 is 0. The number of carbonyl (C=O) groups excluding carboxylic acids is 1. The average molecular weight is 299 g/mol. The second-order valence-electron chi connectivity index (χ2n) is 4.88. The van der Waals surface area contributed by atoms with Gasteiger partial charge in [0.2, 0.25) is 0 Å². The smallest absolute Gasteiger partial charge is 0.291 e. The number of nitrogens with zero attached hydrogens (tertiary/aromatic N) is 4. The number of carbonyl (C=O) groups is 1. The number of anilines is 1. The van der Waals surface area contributed by atoms with Gasteiger partial charge in [0.05, 0.1) is 24.1 Å². The molecule has 22 heavy (non-hydrogen) atoms. The van der Waals surface area contributed by atoms with Gasteiger partial charge in [-0.2, -0.15) is 10.2 Å². The van der Waals surface area contributed by atoms with E-state index in [0.717, 1.165) is 12.2 Å². The maximum Gasteiger partial charge on any atom is 0.291 e. The summed E-state index contributed by atoms with van der Waals surface area (Å²) in [6.45, 7) is 5.17. The van der Waals surface area contributed by atoms with E-state index in [1.807, 2.05) is 30.8 Å². The Hall–Kier alpha value is -2.83. The summed E-state index contributed by atoms with van der Waals surface area (Å²) in [6, 6.07) is 5.28. The van der Waals surface area contributed by atoms with E-state index in [2.05, 4.69) is 15.5 Å². The molecule has 0 spiro atoms. The standard InChI is InChI=1S/C15H17N5O2/c1-3-20-11(2)13(9-17-20)18-15(21)14-6-5-12(22-14)10-19-8-4-7-16-19/h4-9H,3,10H2,1-2H3,(H,18,21). The van der Waals surface area contributed by atoms with Crippen molar-refractivity contribution in [1.82, 2.24) is 19.6 Å².